The minimum Gasteiger partial charge on any atom is -0.370 e. The second-order valence-corrected chi connectivity index (χ2v) is 6.98. The van der Waals surface area contributed by atoms with Gasteiger partial charge < -0.3 is 9.80 Å². The van der Waals surface area contributed by atoms with Crippen molar-refractivity contribution in [1.29, 1.82) is 0 Å². The summed E-state index contributed by atoms with van der Waals surface area (Å²) < 4.78 is 28.5. The summed E-state index contributed by atoms with van der Waals surface area (Å²) in [6, 6.07) is 7.16. The molecule has 0 radical (unpaired) electrons. The molecule has 1 amide bonds. The van der Waals surface area contributed by atoms with Gasteiger partial charge in [-0.1, -0.05) is 25.1 Å². The van der Waals surface area contributed by atoms with Crippen LogP contribution >= 0.6 is 0 Å². The van der Waals surface area contributed by atoms with Crippen molar-refractivity contribution in [2.75, 3.05) is 27.2 Å². The van der Waals surface area contributed by atoms with Crippen LogP contribution in [0, 0.1) is 0 Å². The molecule has 142 valence electrons. The number of rotatable bonds is 5. The Labute approximate surface area is 155 Å². The number of amides is 1. The first-order chi connectivity index (χ1) is 12.2. The number of nitrogens with zero attached hydrogens (tertiary/aromatic N) is 2. The average Bonchev–Trinajstić information content (AvgIpc) is 2.56. The predicted molar refractivity (Wildman–Crippen MR) is 102 cm³/mol. The molecule has 0 spiro atoms. The first-order valence-corrected chi connectivity index (χ1v) is 9.11. The number of alkyl halides is 2. The number of allylic oxidation sites excluding steroid dienone is 4. The van der Waals surface area contributed by atoms with E-state index in [1.54, 1.807) is 37.2 Å². The first kappa shape index (κ1) is 20.1. The Bertz CT molecular complexity index is 685. The molecule has 0 unspecified atom stereocenters. The summed E-state index contributed by atoms with van der Waals surface area (Å²) in [6.45, 7) is 4.23. The number of hydrogen-bond donors (Lipinski definition) is 0. The van der Waals surface area contributed by atoms with Gasteiger partial charge in [0.05, 0.1) is 5.70 Å². The van der Waals surface area contributed by atoms with Crippen molar-refractivity contribution in [3.63, 3.8) is 0 Å². The van der Waals surface area contributed by atoms with Crippen molar-refractivity contribution in [2.24, 2.45) is 0 Å². The van der Waals surface area contributed by atoms with Crippen LogP contribution in [0.1, 0.15) is 49.0 Å². The van der Waals surface area contributed by atoms with Gasteiger partial charge in [0.2, 0.25) is 0 Å². The Morgan fingerprint density at radius 1 is 1.23 bits per heavy atom. The Morgan fingerprint density at radius 2 is 1.88 bits per heavy atom. The fourth-order valence-corrected chi connectivity index (χ4v) is 3.13. The van der Waals surface area contributed by atoms with Crippen molar-refractivity contribution in [3.05, 3.63) is 53.2 Å². The van der Waals surface area contributed by atoms with E-state index in [-0.39, 0.29) is 11.6 Å². The van der Waals surface area contributed by atoms with Crippen LogP contribution in [0.4, 0.5) is 8.78 Å². The molecular formula is C21H28F2N2O. The molecule has 5 heteroatoms. The third kappa shape index (κ3) is 4.93. The van der Waals surface area contributed by atoms with Gasteiger partial charge in [-0.05, 0) is 48.6 Å². The van der Waals surface area contributed by atoms with E-state index >= 15 is 0 Å². The van der Waals surface area contributed by atoms with Crippen LogP contribution < -0.4 is 0 Å². The van der Waals surface area contributed by atoms with E-state index < -0.39 is 5.92 Å². The molecule has 0 aliphatic carbocycles. The smallest absolute Gasteiger partial charge is 0.284 e. The number of carbonyl (C=O) groups excluding carboxylic acids is 1. The second kappa shape index (κ2) is 8.47. The summed E-state index contributed by atoms with van der Waals surface area (Å²) >= 11 is 0. The molecule has 1 aliphatic rings. The maximum atomic E-state index is 14.3. The second-order valence-electron chi connectivity index (χ2n) is 6.98. The van der Waals surface area contributed by atoms with Crippen LogP contribution in [0.2, 0.25) is 0 Å². The van der Waals surface area contributed by atoms with E-state index in [0.717, 1.165) is 37.3 Å². The molecule has 1 heterocycles. The van der Waals surface area contributed by atoms with Crippen molar-refractivity contribution >= 4 is 11.5 Å². The van der Waals surface area contributed by atoms with E-state index in [2.05, 4.69) is 0 Å². The molecule has 26 heavy (non-hydrogen) atoms. The normalized spacial score (nSPS) is 19.7. The highest BCUT2D eigenvalue weighted by Crippen LogP contribution is 2.32. The molecule has 0 N–H and O–H groups in total. The molecule has 2 rings (SSSR count). The van der Waals surface area contributed by atoms with Crippen LogP contribution in [-0.4, -0.2) is 48.8 Å². The Balaban J connectivity index is 2.39. The third-order valence-electron chi connectivity index (χ3n) is 4.44. The van der Waals surface area contributed by atoms with Gasteiger partial charge in [-0.25, -0.2) is 8.78 Å². The summed E-state index contributed by atoms with van der Waals surface area (Å²) in [5.41, 5.74) is 2.29. The number of carbonyl (C=O) groups is 1. The van der Waals surface area contributed by atoms with Crippen molar-refractivity contribution in [3.8, 4) is 0 Å². The summed E-state index contributed by atoms with van der Waals surface area (Å²) in [7, 11) is 3.41. The largest absolute Gasteiger partial charge is 0.370 e. The SMILES string of the molecule is CCCN1CCC/C=C(c2ccc(C(=O)N(C)C)cc2)/C=C\1C(C)(F)F. The summed E-state index contributed by atoms with van der Waals surface area (Å²) in [5, 5.41) is 0. The van der Waals surface area contributed by atoms with Gasteiger partial charge in [-0.15, -0.1) is 0 Å². The van der Waals surface area contributed by atoms with Gasteiger partial charge in [0, 0.05) is 39.7 Å². The molecular weight excluding hydrogens is 334 g/mol. The lowest BCUT2D eigenvalue weighted by Gasteiger charge is -2.32. The maximum Gasteiger partial charge on any atom is 0.284 e. The Hall–Kier alpha value is -2.17. The zero-order chi connectivity index (χ0) is 19.3. The van der Waals surface area contributed by atoms with E-state index in [1.165, 1.54) is 4.90 Å². The zero-order valence-corrected chi connectivity index (χ0v) is 16.1. The van der Waals surface area contributed by atoms with E-state index in [1.807, 2.05) is 25.1 Å². The summed E-state index contributed by atoms with van der Waals surface area (Å²) in [4.78, 5) is 15.3. The van der Waals surface area contributed by atoms with Gasteiger partial charge in [0.25, 0.3) is 11.8 Å². The van der Waals surface area contributed by atoms with Gasteiger partial charge in [0.15, 0.2) is 0 Å². The van der Waals surface area contributed by atoms with Crippen molar-refractivity contribution < 1.29 is 13.6 Å². The molecule has 0 bridgehead atoms. The highest BCUT2D eigenvalue weighted by molar-refractivity contribution is 5.94. The van der Waals surface area contributed by atoms with E-state index in [4.69, 9.17) is 0 Å². The Kier molecular flexibility index (Phi) is 6.57. The molecule has 0 saturated carbocycles. The Morgan fingerprint density at radius 3 is 2.42 bits per heavy atom. The topological polar surface area (TPSA) is 23.6 Å². The lowest BCUT2D eigenvalue weighted by atomic mass is 9.98. The van der Waals surface area contributed by atoms with Gasteiger partial charge >= 0.3 is 0 Å². The monoisotopic (exact) mass is 362 g/mol. The highest BCUT2D eigenvalue weighted by atomic mass is 19.3. The highest BCUT2D eigenvalue weighted by Gasteiger charge is 2.32. The lowest BCUT2D eigenvalue weighted by Crippen LogP contribution is -2.34. The third-order valence-corrected chi connectivity index (χ3v) is 4.44. The molecule has 0 fully saturated rings. The summed E-state index contributed by atoms with van der Waals surface area (Å²) in [5.74, 6) is -2.97. The number of benzene rings is 1. The van der Waals surface area contributed by atoms with Crippen LogP contribution in [0.15, 0.2) is 42.1 Å². The number of halogens is 2. The number of hydrogen-bond acceptors (Lipinski definition) is 2. The fourth-order valence-electron chi connectivity index (χ4n) is 3.13. The van der Waals surface area contributed by atoms with Crippen LogP contribution in [0.3, 0.4) is 0 Å². The van der Waals surface area contributed by atoms with E-state index in [9.17, 15) is 13.6 Å². The van der Waals surface area contributed by atoms with E-state index in [0.29, 0.717) is 18.7 Å². The molecule has 1 aromatic carbocycles. The molecule has 1 aromatic rings. The van der Waals surface area contributed by atoms with Gasteiger partial charge in [-0.2, -0.15) is 0 Å². The lowest BCUT2D eigenvalue weighted by molar-refractivity contribution is 0.0294. The van der Waals surface area contributed by atoms with Crippen LogP contribution in [0.25, 0.3) is 5.57 Å². The van der Waals surface area contributed by atoms with Gasteiger partial charge in [-0.3, -0.25) is 4.79 Å². The molecule has 0 saturated heterocycles. The van der Waals surface area contributed by atoms with Gasteiger partial charge in [0.1, 0.15) is 0 Å². The molecule has 0 aromatic heterocycles. The van der Waals surface area contributed by atoms with Crippen molar-refractivity contribution in [1.82, 2.24) is 9.80 Å². The quantitative estimate of drug-likeness (QED) is 0.750. The molecule has 3 nitrogen and oxygen atoms in total. The zero-order valence-electron chi connectivity index (χ0n) is 16.1. The predicted octanol–water partition coefficient (Wildman–Crippen LogP) is 4.82. The molecule has 1 aliphatic heterocycles. The minimum absolute atomic E-state index is 0.0683. The summed E-state index contributed by atoms with van der Waals surface area (Å²) in [6.07, 6.45) is 6.13. The van der Waals surface area contributed by atoms with Crippen LogP contribution in [-0.2, 0) is 0 Å². The maximum absolute atomic E-state index is 14.3. The van der Waals surface area contributed by atoms with Crippen LogP contribution in [0.5, 0.6) is 0 Å². The average molecular weight is 362 g/mol. The first-order valence-electron chi connectivity index (χ1n) is 9.11. The fraction of sp³-hybridized carbons (Fsp3) is 0.476. The minimum atomic E-state index is -2.90. The van der Waals surface area contributed by atoms with Crippen molar-refractivity contribution in [2.45, 2.75) is 39.0 Å². The molecule has 0 atom stereocenters. The standard InChI is InChI=1S/C21H28F2N2O/c1-5-13-25-14-7-6-8-18(15-19(25)21(2,22)23)16-9-11-17(12-10-16)20(26)24(3)4/h8-12,15H,5-7,13-14H2,1-4H3/b18-8-,19-15-.